The van der Waals surface area contributed by atoms with E-state index in [1.165, 1.54) is 5.56 Å². The molecule has 0 bridgehead atoms. The SMILES string of the molecule is COc1ccc(-c2cc(C(=O)NCCc3ccccc3)no2)cc1OC. The number of hydrogen-bond acceptors (Lipinski definition) is 5. The maximum Gasteiger partial charge on any atom is 0.273 e. The summed E-state index contributed by atoms with van der Waals surface area (Å²) in [6.07, 6.45) is 0.757. The topological polar surface area (TPSA) is 73.6 Å². The van der Waals surface area contributed by atoms with E-state index >= 15 is 0 Å². The van der Waals surface area contributed by atoms with Gasteiger partial charge in [-0.1, -0.05) is 35.5 Å². The van der Waals surface area contributed by atoms with Crippen molar-refractivity contribution >= 4 is 5.91 Å². The third kappa shape index (κ3) is 4.03. The lowest BCUT2D eigenvalue weighted by Crippen LogP contribution is -2.25. The first-order chi connectivity index (χ1) is 12.7. The summed E-state index contributed by atoms with van der Waals surface area (Å²) in [5.41, 5.74) is 2.15. The van der Waals surface area contributed by atoms with Crippen LogP contribution in [-0.4, -0.2) is 31.8 Å². The van der Waals surface area contributed by atoms with Crippen LogP contribution in [-0.2, 0) is 6.42 Å². The molecule has 3 aromatic rings. The van der Waals surface area contributed by atoms with Crippen LogP contribution < -0.4 is 14.8 Å². The van der Waals surface area contributed by atoms with E-state index in [0.717, 1.165) is 12.0 Å². The van der Waals surface area contributed by atoms with E-state index in [1.807, 2.05) is 36.4 Å². The number of amides is 1. The molecule has 0 aliphatic rings. The van der Waals surface area contributed by atoms with E-state index in [1.54, 1.807) is 32.4 Å². The van der Waals surface area contributed by atoms with Crippen LogP contribution in [0.1, 0.15) is 16.1 Å². The number of hydrogen-bond donors (Lipinski definition) is 1. The van der Waals surface area contributed by atoms with Crippen molar-refractivity contribution in [2.75, 3.05) is 20.8 Å². The van der Waals surface area contributed by atoms with Crippen LogP contribution in [0.4, 0.5) is 0 Å². The lowest BCUT2D eigenvalue weighted by atomic mass is 10.1. The van der Waals surface area contributed by atoms with Crippen molar-refractivity contribution < 1.29 is 18.8 Å². The molecule has 0 radical (unpaired) electrons. The van der Waals surface area contributed by atoms with Gasteiger partial charge in [0.25, 0.3) is 5.91 Å². The number of nitrogens with one attached hydrogen (secondary N) is 1. The average Bonchev–Trinajstić information content (AvgIpc) is 3.18. The van der Waals surface area contributed by atoms with E-state index in [2.05, 4.69) is 10.5 Å². The van der Waals surface area contributed by atoms with Gasteiger partial charge in [-0.15, -0.1) is 0 Å². The quantitative estimate of drug-likeness (QED) is 0.706. The second-order valence-corrected chi connectivity index (χ2v) is 5.64. The van der Waals surface area contributed by atoms with Gasteiger partial charge in [-0.2, -0.15) is 0 Å². The monoisotopic (exact) mass is 352 g/mol. The van der Waals surface area contributed by atoms with Crippen LogP contribution in [0.2, 0.25) is 0 Å². The molecule has 0 saturated heterocycles. The molecule has 1 aromatic heterocycles. The predicted molar refractivity (Wildman–Crippen MR) is 97.5 cm³/mol. The van der Waals surface area contributed by atoms with Gasteiger partial charge >= 0.3 is 0 Å². The Kier molecular flexibility index (Phi) is 5.53. The number of carbonyl (C=O) groups excluding carboxylic acids is 1. The minimum Gasteiger partial charge on any atom is -0.493 e. The number of ether oxygens (including phenoxy) is 2. The summed E-state index contributed by atoms with van der Waals surface area (Å²) in [6, 6.07) is 16.9. The summed E-state index contributed by atoms with van der Waals surface area (Å²) in [5.74, 6) is 1.42. The Bertz CT molecular complexity index is 875. The van der Waals surface area contributed by atoms with E-state index in [9.17, 15) is 4.79 Å². The summed E-state index contributed by atoms with van der Waals surface area (Å²) < 4.78 is 15.8. The van der Waals surface area contributed by atoms with Crippen LogP contribution in [0.25, 0.3) is 11.3 Å². The Morgan fingerprint density at radius 3 is 2.54 bits per heavy atom. The molecule has 0 aliphatic carbocycles. The van der Waals surface area contributed by atoms with Crippen LogP contribution in [0.5, 0.6) is 11.5 Å². The largest absolute Gasteiger partial charge is 0.493 e. The molecule has 0 aliphatic heterocycles. The van der Waals surface area contributed by atoms with Gasteiger partial charge in [0, 0.05) is 18.2 Å². The lowest BCUT2D eigenvalue weighted by Gasteiger charge is -2.07. The molecule has 6 nitrogen and oxygen atoms in total. The Hall–Kier alpha value is -3.28. The molecule has 0 unspecified atom stereocenters. The predicted octanol–water partition coefficient (Wildman–Crippen LogP) is 3.33. The van der Waals surface area contributed by atoms with Crippen molar-refractivity contribution in [1.82, 2.24) is 10.5 Å². The van der Waals surface area contributed by atoms with Gasteiger partial charge in [-0.25, -0.2) is 0 Å². The fraction of sp³-hybridized carbons (Fsp3) is 0.200. The maximum absolute atomic E-state index is 12.2. The van der Waals surface area contributed by atoms with Gasteiger partial charge in [0.15, 0.2) is 23.0 Å². The molecule has 2 aromatic carbocycles. The average molecular weight is 352 g/mol. The number of carbonyl (C=O) groups is 1. The number of benzene rings is 2. The van der Waals surface area contributed by atoms with Crippen molar-refractivity contribution in [2.45, 2.75) is 6.42 Å². The van der Waals surface area contributed by atoms with Crippen LogP contribution in [0, 0.1) is 0 Å². The Morgan fingerprint density at radius 1 is 1.04 bits per heavy atom. The fourth-order valence-electron chi connectivity index (χ4n) is 2.56. The highest BCUT2D eigenvalue weighted by Gasteiger charge is 2.15. The van der Waals surface area contributed by atoms with Crippen LogP contribution in [0.3, 0.4) is 0 Å². The molecular formula is C20H20N2O4. The van der Waals surface area contributed by atoms with Crippen LogP contribution >= 0.6 is 0 Å². The molecule has 3 rings (SSSR count). The number of nitrogens with zero attached hydrogens (tertiary/aromatic N) is 1. The third-order valence-electron chi connectivity index (χ3n) is 3.95. The maximum atomic E-state index is 12.2. The highest BCUT2D eigenvalue weighted by molar-refractivity contribution is 5.93. The molecule has 1 N–H and O–H groups in total. The molecular weight excluding hydrogens is 332 g/mol. The van der Waals surface area contributed by atoms with Gasteiger partial charge in [0.1, 0.15) is 0 Å². The van der Waals surface area contributed by atoms with Gasteiger partial charge in [-0.3, -0.25) is 4.79 Å². The van der Waals surface area contributed by atoms with E-state index in [0.29, 0.717) is 23.8 Å². The molecule has 1 amide bonds. The first kappa shape index (κ1) is 17.5. The molecule has 0 saturated carbocycles. The summed E-state index contributed by atoms with van der Waals surface area (Å²) in [6.45, 7) is 0.529. The zero-order valence-corrected chi connectivity index (χ0v) is 14.7. The second kappa shape index (κ2) is 8.20. The molecule has 134 valence electrons. The molecule has 0 fully saturated rings. The van der Waals surface area contributed by atoms with Crippen molar-refractivity contribution in [3.63, 3.8) is 0 Å². The summed E-state index contributed by atoms with van der Waals surface area (Å²) in [5, 5.41) is 6.70. The van der Waals surface area contributed by atoms with E-state index in [4.69, 9.17) is 14.0 Å². The Balaban J connectivity index is 1.64. The molecule has 1 heterocycles. The first-order valence-electron chi connectivity index (χ1n) is 8.22. The smallest absolute Gasteiger partial charge is 0.273 e. The second-order valence-electron chi connectivity index (χ2n) is 5.64. The Morgan fingerprint density at radius 2 is 1.81 bits per heavy atom. The molecule has 0 atom stereocenters. The number of aromatic nitrogens is 1. The van der Waals surface area contributed by atoms with Gasteiger partial charge in [0.05, 0.1) is 14.2 Å². The summed E-state index contributed by atoms with van der Waals surface area (Å²) in [7, 11) is 3.14. The molecule has 0 spiro atoms. The van der Waals surface area contributed by atoms with Gasteiger partial charge in [-0.05, 0) is 30.2 Å². The molecule has 6 heteroatoms. The standard InChI is InChI=1S/C20H20N2O4/c1-24-17-9-8-15(12-19(17)25-2)18-13-16(22-26-18)20(23)21-11-10-14-6-4-3-5-7-14/h3-9,12-13H,10-11H2,1-2H3,(H,21,23). The zero-order valence-electron chi connectivity index (χ0n) is 14.7. The minimum atomic E-state index is -0.267. The number of methoxy groups -OCH3 is 2. The van der Waals surface area contributed by atoms with Crippen molar-refractivity contribution in [2.24, 2.45) is 0 Å². The van der Waals surface area contributed by atoms with Crippen molar-refractivity contribution in [3.05, 3.63) is 65.9 Å². The van der Waals surface area contributed by atoms with Crippen LogP contribution in [0.15, 0.2) is 59.1 Å². The first-order valence-corrected chi connectivity index (χ1v) is 8.22. The molecule has 26 heavy (non-hydrogen) atoms. The summed E-state index contributed by atoms with van der Waals surface area (Å²) in [4.78, 5) is 12.2. The minimum absolute atomic E-state index is 0.239. The zero-order chi connectivity index (χ0) is 18.4. The van der Waals surface area contributed by atoms with Gasteiger partial charge < -0.3 is 19.3 Å². The normalized spacial score (nSPS) is 10.4. The highest BCUT2D eigenvalue weighted by atomic mass is 16.5. The Labute approximate surface area is 151 Å². The van der Waals surface area contributed by atoms with E-state index < -0.39 is 0 Å². The lowest BCUT2D eigenvalue weighted by molar-refractivity contribution is 0.0945. The van der Waals surface area contributed by atoms with Gasteiger partial charge in [0.2, 0.25) is 0 Å². The summed E-state index contributed by atoms with van der Waals surface area (Å²) >= 11 is 0. The third-order valence-corrected chi connectivity index (χ3v) is 3.95. The van der Waals surface area contributed by atoms with Crippen molar-refractivity contribution in [1.29, 1.82) is 0 Å². The number of rotatable bonds is 7. The fourth-order valence-corrected chi connectivity index (χ4v) is 2.56. The highest BCUT2D eigenvalue weighted by Crippen LogP contribution is 2.32. The van der Waals surface area contributed by atoms with Crippen molar-refractivity contribution in [3.8, 4) is 22.8 Å². The van der Waals surface area contributed by atoms with E-state index in [-0.39, 0.29) is 11.6 Å².